The largest absolute Gasteiger partial charge is 0.504 e. The van der Waals surface area contributed by atoms with Gasteiger partial charge in [-0.25, -0.2) is 0 Å². The Bertz CT molecular complexity index is 899. The molecule has 1 amide bonds. The minimum atomic E-state index is -4.83. The van der Waals surface area contributed by atoms with Crippen LogP contribution in [0.15, 0.2) is 48.6 Å². The van der Waals surface area contributed by atoms with Crippen LogP contribution < -0.4 is 5.32 Å². The van der Waals surface area contributed by atoms with Crippen molar-refractivity contribution >= 4 is 11.6 Å². The summed E-state index contributed by atoms with van der Waals surface area (Å²) in [5, 5.41) is 29.5. The van der Waals surface area contributed by atoms with E-state index >= 15 is 0 Å². The van der Waals surface area contributed by atoms with E-state index in [1.54, 1.807) is 0 Å². The number of rotatable bonds is 3. The maximum Gasteiger partial charge on any atom is 0.419 e. The van der Waals surface area contributed by atoms with Crippen molar-refractivity contribution in [3.63, 3.8) is 0 Å². The third-order valence-electron chi connectivity index (χ3n) is 3.29. The van der Waals surface area contributed by atoms with Gasteiger partial charge in [-0.2, -0.15) is 18.4 Å². The second kappa shape index (κ2) is 6.57. The zero-order valence-corrected chi connectivity index (χ0v) is 12.6. The molecule has 0 bridgehead atoms. The predicted molar refractivity (Wildman–Crippen MR) is 83.6 cm³/mol. The number of aromatic hydroxyl groups is 2. The van der Waals surface area contributed by atoms with Crippen LogP contribution in [0.3, 0.4) is 0 Å². The Hall–Kier alpha value is -3.47. The van der Waals surface area contributed by atoms with Crippen molar-refractivity contribution in [3.8, 4) is 28.7 Å². The highest BCUT2D eigenvalue weighted by Gasteiger charge is 2.37. The molecule has 0 aliphatic rings. The number of nitrogens with zero attached hydrogens (tertiary/aromatic N) is 1. The molecule has 128 valence electrons. The van der Waals surface area contributed by atoms with E-state index in [1.807, 2.05) is 5.32 Å². The number of phenols is 2. The Labute approximate surface area is 140 Å². The second-order valence-electron chi connectivity index (χ2n) is 4.97. The zero-order chi connectivity index (χ0) is 18.8. The van der Waals surface area contributed by atoms with Crippen LogP contribution in [0.4, 0.5) is 18.9 Å². The van der Waals surface area contributed by atoms with Gasteiger partial charge in [-0.05, 0) is 29.3 Å². The van der Waals surface area contributed by atoms with Gasteiger partial charge in [0.15, 0.2) is 11.5 Å². The van der Waals surface area contributed by atoms with Crippen LogP contribution in [0.1, 0.15) is 5.56 Å². The number of alkyl halides is 3. The fourth-order valence-electron chi connectivity index (χ4n) is 2.14. The number of hydrogen-bond donors (Lipinski definition) is 3. The first kappa shape index (κ1) is 17.9. The van der Waals surface area contributed by atoms with Crippen LogP contribution in [-0.4, -0.2) is 16.1 Å². The molecule has 3 N–H and O–H groups in total. The molecular formula is C17H11F3N2O3. The van der Waals surface area contributed by atoms with Crippen molar-refractivity contribution < 1.29 is 28.2 Å². The van der Waals surface area contributed by atoms with Gasteiger partial charge in [-0.15, -0.1) is 0 Å². The summed E-state index contributed by atoms with van der Waals surface area (Å²) in [6.07, 6.45) is -4.83. The highest BCUT2D eigenvalue weighted by Crippen LogP contribution is 2.43. The van der Waals surface area contributed by atoms with Gasteiger partial charge in [-0.1, -0.05) is 24.8 Å². The lowest BCUT2D eigenvalue weighted by molar-refractivity contribution is -0.136. The molecule has 8 heteroatoms. The molecule has 0 fully saturated rings. The van der Waals surface area contributed by atoms with Gasteiger partial charge < -0.3 is 15.5 Å². The van der Waals surface area contributed by atoms with Gasteiger partial charge in [0.2, 0.25) is 0 Å². The van der Waals surface area contributed by atoms with Crippen LogP contribution in [-0.2, 0) is 11.0 Å². The molecule has 0 spiro atoms. The van der Waals surface area contributed by atoms with Gasteiger partial charge in [0.1, 0.15) is 11.6 Å². The Kier molecular flexibility index (Phi) is 4.70. The summed E-state index contributed by atoms with van der Waals surface area (Å²) in [6.45, 7) is 3.15. The summed E-state index contributed by atoms with van der Waals surface area (Å²) in [5.41, 5.74) is -2.58. The molecule has 0 saturated heterocycles. The molecule has 0 saturated carbocycles. The lowest BCUT2D eigenvalue weighted by Crippen LogP contribution is -2.18. The molecule has 0 heterocycles. The fraction of sp³-hybridized carbons (Fsp3) is 0.0588. The summed E-state index contributed by atoms with van der Waals surface area (Å²) in [6, 6.07) is 8.14. The third kappa shape index (κ3) is 3.72. The monoisotopic (exact) mass is 348 g/mol. The van der Waals surface area contributed by atoms with E-state index in [4.69, 9.17) is 5.26 Å². The van der Waals surface area contributed by atoms with Gasteiger partial charge in [0, 0.05) is 0 Å². The van der Waals surface area contributed by atoms with Crippen LogP contribution in [0.5, 0.6) is 11.5 Å². The number of halogens is 3. The number of anilines is 1. The first-order valence-electron chi connectivity index (χ1n) is 6.78. The molecule has 25 heavy (non-hydrogen) atoms. The van der Waals surface area contributed by atoms with E-state index in [0.29, 0.717) is 0 Å². The molecule has 0 aliphatic heterocycles. The molecule has 0 radical (unpaired) electrons. The number of carbonyl (C=O) groups is 1. The lowest BCUT2D eigenvalue weighted by Gasteiger charge is -2.18. The Morgan fingerprint density at radius 3 is 2.40 bits per heavy atom. The molecular weight excluding hydrogens is 337 g/mol. The number of benzene rings is 2. The normalized spacial score (nSPS) is 10.8. The standard InChI is InChI=1S/C17H11F3N2O3/c1-9(8-21)16(25)22-12-4-2-3-11(15(12)17(18,19)20)10-5-6-13(23)14(24)7-10/h2-7,23-24H,1H2,(H,22,25). The molecule has 0 aromatic heterocycles. The number of hydrogen-bond acceptors (Lipinski definition) is 4. The Morgan fingerprint density at radius 1 is 1.16 bits per heavy atom. The molecule has 5 nitrogen and oxygen atoms in total. The number of nitrogens with one attached hydrogen (secondary N) is 1. The fourth-order valence-corrected chi connectivity index (χ4v) is 2.14. The average molecular weight is 348 g/mol. The van der Waals surface area contributed by atoms with Crippen molar-refractivity contribution in [1.29, 1.82) is 5.26 Å². The Balaban J connectivity index is 2.64. The van der Waals surface area contributed by atoms with Crippen molar-refractivity contribution in [2.45, 2.75) is 6.18 Å². The quantitative estimate of drug-likeness (QED) is 0.447. The summed E-state index contributed by atoms with van der Waals surface area (Å²) in [7, 11) is 0. The molecule has 2 rings (SSSR count). The molecule has 2 aromatic rings. The number of amides is 1. The first-order chi connectivity index (χ1) is 11.6. The maximum atomic E-state index is 13.6. The topological polar surface area (TPSA) is 93.4 Å². The molecule has 0 unspecified atom stereocenters. The van der Waals surface area contributed by atoms with E-state index < -0.39 is 40.4 Å². The van der Waals surface area contributed by atoms with E-state index in [1.165, 1.54) is 18.2 Å². The summed E-state index contributed by atoms with van der Waals surface area (Å²) in [4.78, 5) is 11.7. The average Bonchev–Trinajstić information content (AvgIpc) is 2.55. The van der Waals surface area contributed by atoms with Crippen molar-refractivity contribution in [2.24, 2.45) is 0 Å². The lowest BCUT2D eigenvalue weighted by atomic mass is 9.97. The highest BCUT2D eigenvalue weighted by atomic mass is 19.4. The zero-order valence-electron chi connectivity index (χ0n) is 12.6. The number of nitriles is 1. The maximum absolute atomic E-state index is 13.6. The van der Waals surface area contributed by atoms with E-state index in [0.717, 1.165) is 24.3 Å². The van der Waals surface area contributed by atoms with Gasteiger partial charge in [0.05, 0.1) is 11.3 Å². The summed E-state index contributed by atoms with van der Waals surface area (Å²) in [5.74, 6) is -2.12. The summed E-state index contributed by atoms with van der Waals surface area (Å²) >= 11 is 0. The van der Waals surface area contributed by atoms with E-state index in [-0.39, 0.29) is 11.1 Å². The van der Waals surface area contributed by atoms with Crippen molar-refractivity contribution in [1.82, 2.24) is 0 Å². The minimum Gasteiger partial charge on any atom is -0.504 e. The van der Waals surface area contributed by atoms with E-state index in [9.17, 15) is 28.2 Å². The van der Waals surface area contributed by atoms with Crippen molar-refractivity contribution in [2.75, 3.05) is 5.32 Å². The van der Waals surface area contributed by atoms with Gasteiger partial charge in [0.25, 0.3) is 5.91 Å². The third-order valence-corrected chi connectivity index (χ3v) is 3.29. The van der Waals surface area contributed by atoms with Crippen LogP contribution in [0.25, 0.3) is 11.1 Å². The van der Waals surface area contributed by atoms with Crippen LogP contribution >= 0.6 is 0 Å². The van der Waals surface area contributed by atoms with Crippen LogP contribution in [0, 0.1) is 11.3 Å². The predicted octanol–water partition coefficient (Wildman–Crippen LogP) is 3.80. The molecule has 0 aliphatic carbocycles. The SMILES string of the molecule is C=C(C#N)C(=O)Nc1cccc(-c2ccc(O)c(O)c2)c1C(F)(F)F. The van der Waals surface area contributed by atoms with Gasteiger partial charge >= 0.3 is 6.18 Å². The van der Waals surface area contributed by atoms with Crippen molar-refractivity contribution in [3.05, 3.63) is 54.1 Å². The van der Waals surface area contributed by atoms with Gasteiger partial charge in [-0.3, -0.25) is 4.79 Å². The Morgan fingerprint density at radius 2 is 1.84 bits per heavy atom. The van der Waals surface area contributed by atoms with E-state index in [2.05, 4.69) is 6.58 Å². The first-order valence-corrected chi connectivity index (χ1v) is 6.78. The molecule has 2 aromatic carbocycles. The van der Waals surface area contributed by atoms with Crippen LogP contribution in [0.2, 0.25) is 0 Å². The second-order valence-corrected chi connectivity index (χ2v) is 4.97. The number of carbonyl (C=O) groups excluding carboxylic acids is 1. The minimum absolute atomic E-state index is 0.0159. The molecule has 0 atom stereocenters. The smallest absolute Gasteiger partial charge is 0.419 e. The summed E-state index contributed by atoms with van der Waals surface area (Å²) < 4.78 is 40.7. The number of phenolic OH excluding ortho intramolecular Hbond substituents is 2. The highest BCUT2D eigenvalue weighted by molar-refractivity contribution is 6.06.